The van der Waals surface area contributed by atoms with E-state index in [1.807, 2.05) is 0 Å². The van der Waals surface area contributed by atoms with Gasteiger partial charge < -0.3 is 4.90 Å². The number of hydrogen-bond donors (Lipinski definition) is 0. The second-order valence-corrected chi connectivity index (χ2v) is 4.67. The van der Waals surface area contributed by atoms with Crippen LogP contribution in [0.2, 0.25) is 0 Å². The first kappa shape index (κ1) is 16.2. The average molecular weight is 445 g/mol. The first-order chi connectivity index (χ1) is 7.91. The zero-order chi connectivity index (χ0) is 12.6. The van der Waals surface area contributed by atoms with Gasteiger partial charge in [0, 0.05) is 47.2 Å². The van der Waals surface area contributed by atoms with Gasteiger partial charge in [0.25, 0.3) is 0 Å². The Balaban J connectivity index is 0.00000162. The molecule has 1 aliphatic rings. The maximum atomic E-state index is 12.6. The van der Waals surface area contributed by atoms with Gasteiger partial charge in [-0.25, -0.2) is 0 Å². The molecule has 1 aromatic rings. The van der Waals surface area contributed by atoms with Crippen molar-refractivity contribution in [2.24, 2.45) is 0 Å². The van der Waals surface area contributed by atoms with E-state index < -0.39 is 11.7 Å². The van der Waals surface area contributed by atoms with Gasteiger partial charge in [-0.2, -0.15) is 13.2 Å². The van der Waals surface area contributed by atoms with Gasteiger partial charge in [0.05, 0.1) is 11.0 Å². The Labute approximate surface area is 133 Å². The number of alkyl halides is 4. The predicted molar refractivity (Wildman–Crippen MR) is 71.1 cm³/mol. The van der Waals surface area contributed by atoms with Crippen molar-refractivity contribution in [3.8, 4) is 0 Å². The van der Waals surface area contributed by atoms with Crippen LogP contribution in [0.15, 0.2) is 29.4 Å². The van der Waals surface area contributed by atoms with Crippen molar-refractivity contribution in [1.82, 2.24) is 0 Å². The Morgan fingerprint density at radius 3 is 2.56 bits per heavy atom. The number of nitrogens with zero attached hydrogens (tertiary/aromatic N) is 1. The molecule has 0 N–H and O–H groups in total. The molecule has 0 aliphatic carbocycles. The zero-order valence-electron chi connectivity index (χ0n) is 9.06. The van der Waals surface area contributed by atoms with Crippen LogP contribution in [-0.2, 0) is 12.6 Å². The van der Waals surface area contributed by atoms with E-state index in [1.165, 1.54) is 6.07 Å². The molecule has 7 heteroatoms. The summed E-state index contributed by atoms with van der Waals surface area (Å²) in [4.78, 5) is 1.77. The van der Waals surface area contributed by atoms with Crippen molar-refractivity contribution in [3.63, 3.8) is 0 Å². The van der Waals surface area contributed by atoms with Gasteiger partial charge in [-0.05, 0) is 23.8 Å². The molecule has 0 aromatic heterocycles. The second kappa shape index (κ2) is 6.05. The standard InChI is InChI=1S/C11H8BrClF3N.Sn/c12-6-17-5-9(13)4-7-3-8(11(14,15)16)1-2-10(7)17;/h1-3,5H,4,6H2;. The molecule has 96 valence electrons. The van der Waals surface area contributed by atoms with Crippen LogP contribution in [0.4, 0.5) is 18.9 Å². The summed E-state index contributed by atoms with van der Waals surface area (Å²) >= 11 is 9.17. The molecule has 0 unspecified atom stereocenters. The molecule has 1 aromatic carbocycles. The maximum Gasteiger partial charge on any atom is 0.416 e. The van der Waals surface area contributed by atoms with E-state index in [4.69, 9.17) is 11.6 Å². The van der Waals surface area contributed by atoms with Crippen molar-refractivity contribution >= 4 is 57.1 Å². The summed E-state index contributed by atoms with van der Waals surface area (Å²) in [5, 5.41) is 0.524. The number of anilines is 1. The quantitative estimate of drug-likeness (QED) is 0.357. The van der Waals surface area contributed by atoms with Gasteiger partial charge in [0.15, 0.2) is 0 Å². The fourth-order valence-corrected chi connectivity index (χ4v) is 2.43. The second-order valence-electron chi connectivity index (χ2n) is 3.68. The molecule has 0 fully saturated rings. The molecular formula is C11H8BrClF3NSn. The molecule has 0 saturated carbocycles. The van der Waals surface area contributed by atoms with E-state index in [1.54, 1.807) is 11.1 Å². The smallest absolute Gasteiger partial charge is 0.336 e. The summed E-state index contributed by atoms with van der Waals surface area (Å²) in [6, 6.07) is 3.71. The molecule has 1 heterocycles. The van der Waals surface area contributed by atoms with Crippen LogP contribution >= 0.6 is 27.5 Å². The molecule has 2 rings (SSSR count). The Morgan fingerprint density at radius 2 is 2.00 bits per heavy atom. The minimum absolute atomic E-state index is 0. The molecule has 4 radical (unpaired) electrons. The van der Waals surface area contributed by atoms with Gasteiger partial charge in [-0.15, -0.1) is 0 Å². The van der Waals surface area contributed by atoms with E-state index in [0.717, 1.165) is 17.8 Å². The van der Waals surface area contributed by atoms with Gasteiger partial charge in [0.2, 0.25) is 0 Å². The number of rotatable bonds is 1. The molecule has 0 atom stereocenters. The summed E-state index contributed by atoms with van der Waals surface area (Å²) in [6.45, 7) is 0. The Hall–Kier alpha value is 0.119. The van der Waals surface area contributed by atoms with Crippen molar-refractivity contribution < 1.29 is 13.2 Å². The van der Waals surface area contributed by atoms with Crippen molar-refractivity contribution in [3.05, 3.63) is 40.6 Å². The summed E-state index contributed by atoms with van der Waals surface area (Å²) in [5.74, 6) is 0. The molecule has 18 heavy (non-hydrogen) atoms. The molecule has 1 nitrogen and oxygen atoms in total. The first-order valence-electron chi connectivity index (χ1n) is 4.81. The Morgan fingerprint density at radius 1 is 1.33 bits per heavy atom. The van der Waals surface area contributed by atoms with Crippen LogP contribution < -0.4 is 4.90 Å². The molecule has 0 amide bonds. The van der Waals surface area contributed by atoms with Crippen molar-refractivity contribution in [1.29, 1.82) is 0 Å². The summed E-state index contributed by atoms with van der Waals surface area (Å²) in [7, 11) is 0. The monoisotopic (exact) mass is 445 g/mol. The van der Waals surface area contributed by atoms with Gasteiger partial charge in [-0.1, -0.05) is 27.5 Å². The first-order valence-corrected chi connectivity index (χ1v) is 6.30. The summed E-state index contributed by atoms with van der Waals surface area (Å²) in [5.41, 5.74) is 1.19. The molecular weight excluding hydrogens is 437 g/mol. The van der Waals surface area contributed by atoms with Crippen molar-refractivity contribution in [2.75, 3.05) is 10.4 Å². The third-order valence-corrected chi connectivity index (χ3v) is 3.27. The average Bonchev–Trinajstić information content (AvgIpc) is 2.25. The molecule has 0 spiro atoms. The van der Waals surface area contributed by atoms with Gasteiger partial charge in [0.1, 0.15) is 0 Å². The van der Waals surface area contributed by atoms with Crippen molar-refractivity contribution in [2.45, 2.75) is 12.6 Å². The number of allylic oxidation sites excluding steroid dienone is 1. The van der Waals surface area contributed by atoms with Gasteiger partial charge in [-0.3, -0.25) is 0 Å². The largest absolute Gasteiger partial charge is 0.416 e. The molecule has 0 bridgehead atoms. The van der Waals surface area contributed by atoms with Crippen LogP contribution in [-0.4, -0.2) is 29.4 Å². The minimum Gasteiger partial charge on any atom is -0.336 e. The van der Waals surface area contributed by atoms with E-state index in [2.05, 4.69) is 15.9 Å². The van der Waals surface area contributed by atoms with E-state index in [0.29, 0.717) is 22.5 Å². The van der Waals surface area contributed by atoms with Crippen LogP contribution in [0.1, 0.15) is 11.1 Å². The number of fused-ring (bicyclic) bond motifs is 1. The van der Waals surface area contributed by atoms with E-state index in [9.17, 15) is 13.2 Å². The SMILES string of the molecule is FC(F)(F)c1ccc2c(c1)CC(Cl)=CN2CBr.[Sn]. The maximum absolute atomic E-state index is 12.6. The van der Waals surface area contributed by atoms with E-state index >= 15 is 0 Å². The van der Waals surface area contributed by atoms with Crippen LogP contribution in [0.25, 0.3) is 0 Å². The number of hydrogen-bond acceptors (Lipinski definition) is 1. The topological polar surface area (TPSA) is 3.24 Å². The fraction of sp³-hybridized carbons (Fsp3) is 0.273. The van der Waals surface area contributed by atoms with Crippen LogP contribution in [0, 0.1) is 0 Å². The number of benzene rings is 1. The molecule has 0 saturated heterocycles. The third kappa shape index (κ3) is 3.36. The minimum atomic E-state index is -4.32. The Bertz CT molecular complexity index is 476. The van der Waals surface area contributed by atoms with E-state index in [-0.39, 0.29) is 23.9 Å². The third-order valence-electron chi connectivity index (χ3n) is 2.50. The number of halogens is 5. The summed E-state index contributed by atoms with van der Waals surface area (Å²) < 4.78 is 37.7. The zero-order valence-corrected chi connectivity index (χ0v) is 14.3. The molecule has 1 aliphatic heterocycles. The van der Waals surface area contributed by atoms with Crippen LogP contribution in [0.5, 0.6) is 0 Å². The summed E-state index contributed by atoms with van der Waals surface area (Å²) in [6.07, 6.45) is -2.27. The normalized spacial score (nSPS) is 14.7. The predicted octanol–water partition coefficient (Wildman–Crippen LogP) is 4.12. The van der Waals surface area contributed by atoms with Gasteiger partial charge >= 0.3 is 6.18 Å². The fourth-order valence-electron chi connectivity index (χ4n) is 1.75. The Kier molecular flexibility index (Phi) is 5.43. The van der Waals surface area contributed by atoms with Crippen LogP contribution in [0.3, 0.4) is 0 Å².